The van der Waals surface area contributed by atoms with Gasteiger partial charge < -0.3 is 15.1 Å². The first kappa shape index (κ1) is 14.7. The molecule has 0 saturated heterocycles. The van der Waals surface area contributed by atoms with Crippen LogP contribution in [0, 0.1) is 24.0 Å². The van der Waals surface area contributed by atoms with Gasteiger partial charge in [-0.05, 0) is 20.8 Å². The van der Waals surface area contributed by atoms with Crippen LogP contribution in [0.3, 0.4) is 0 Å². The maximum atomic E-state index is 11.2. The molecular formula is C12H16N6O3. The molecule has 9 heteroatoms. The van der Waals surface area contributed by atoms with Gasteiger partial charge in [-0.3, -0.25) is 10.1 Å². The molecule has 21 heavy (non-hydrogen) atoms. The second-order valence-electron chi connectivity index (χ2n) is 4.31. The van der Waals surface area contributed by atoms with Gasteiger partial charge in [0, 0.05) is 6.54 Å². The second-order valence-corrected chi connectivity index (χ2v) is 4.31. The van der Waals surface area contributed by atoms with Gasteiger partial charge in [0.1, 0.15) is 12.1 Å². The summed E-state index contributed by atoms with van der Waals surface area (Å²) in [6.07, 6.45) is 1.26. The van der Waals surface area contributed by atoms with E-state index in [9.17, 15) is 10.1 Å². The number of nitrogens with zero attached hydrogens (tertiary/aromatic N) is 4. The van der Waals surface area contributed by atoms with Gasteiger partial charge in [0.15, 0.2) is 0 Å². The van der Waals surface area contributed by atoms with Crippen molar-refractivity contribution >= 4 is 17.3 Å². The lowest BCUT2D eigenvalue weighted by Gasteiger charge is -2.07. The van der Waals surface area contributed by atoms with E-state index in [-0.39, 0.29) is 23.9 Å². The Balaban J connectivity index is 2.22. The van der Waals surface area contributed by atoms with Crippen LogP contribution in [-0.4, -0.2) is 26.4 Å². The molecule has 0 aliphatic carbocycles. The molecule has 0 amide bonds. The first-order chi connectivity index (χ1) is 10.0. The predicted molar refractivity (Wildman–Crippen MR) is 76.2 cm³/mol. The summed E-state index contributed by atoms with van der Waals surface area (Å²) in [5, 5.41) is 16.9. The summed E-state index contributed by atoms with van der Waals surface area (Å²) in [5.74, 6) is 1.47. The third-order valence-corrected chi connectivity index (χ3v) is 2.83. The molecule has 0 spiro atoms. The number of nitro groups is 1. The third-order valence-electron chi connectivity index (χ3n) is 2.83. The summed E-state index contributed by atoms with van der Waals surface area (Å²) < 4.78 is 5.41. The van der Waals surface area contributed by atoms with E-state index in [2.05, 4.69) is 25.6 Å². The number of aryl methyl sites for hydroxylation is 2. The molecule has 2 heterocycles. The van der Waals surface area contributed by atoms with Crippen LogP contribution in [0.15, 0.2) is 10.7 Å². The van der Waals surface area contributed by atoms with Crippen molar-refractivity contribution < 1.29 is 9.34 Å². The third kappa shape index (κ3) is 3.25. The zero-order valence-corrected chi connectivity index (χ0v) is 12.0. The molecule has 0 aliphatic heterocycles. The largest absolute Gasteiger partial charge is 0.444 e. The maximum Gasteiger partial charge on any atom is 0.353 e. The maximum absolute atomic E-state index is 11.2. The molecular weight excluding hydrogens is 276 g/mol. The fraction of sp³-hybridized carbons (Fsp3) is 0.417. The zero-order chi connectivity index (χ0) is 15.4. The van der Waals surface area contributed by atoms with E-state index < -0.39 is 4.92 Å². The molecule has 0 fully saturated rings. The predicted octanol–water partition coefficient (Wildman–Crippen LogP) is 2.03. The molecule has 0 atom stereocenters. The van der Waals surface area contributed by atoms with Crippen LogP contribution in [-0.2, 0) is 6.54 Å². The smallest absolute Gasteiger partial charge is 0.353 e. The van der Waals surface area contributed by atoms with Gasteiger partial charge in [0.05, 0.1) is 17.2 Å². The van der Waals surface area contributed by atoms with Crippen molar-refractivity contribution in [2.75, 3.05) is 17.2 Å². The monoisotopic (exact) mass is 292 g/mol. The molecule has 0 aliphatic rings. The van der Waals surface area contributed by atoms with Crippen molar-refractivity contribution in [1.82, 2.24) is 15.0 Å². The van der Waals surface area contributed by atoms with E-state index in [1.807, 2.05) is 20.8 Å². The van der Waals surface area contributed by atoms with E-state index in [1.165, 1.54) is 6.33 Å². The first-order valence-electron chi connectivity index (χ1n) is 6.43. The first-order valence-corrected chi connectivity index (χ1v) is 6.43. The Kier molecular flexibility index (Phi) is 4.31. The lowest BCUT2D eigenvalue weighted by atomic mass is 10.4. The van der Waals surface area contributed by atoms with Gasteiger partial charge in [0.25, 0.3) is 0 Å². The summed E-state index contributed by atoms with van der Waals surface area (Å²) in [5.41, 5.74) is 0.594. The molecule has 0 aromatic carbocycles. The Morgan fingerprint density at radius 1 is 1.29 bits per heavy atom. The van der Waals surface area contributed by atoms with Crippen LogP contribution >= 0.6 is 0 Å². The lowest BCUT2D eigenvalue weighted by molar-refractivity contribution is -0.383. The van der Waals surface area contributed by atoms with Crippen molar-refractivity contribution in [3.8, 4) is 0 Å². The Morgan fingerprint density at radius 3 is 2.48 bits per heavy atom. The molecule has 2 N–H and O–H groups in total. The van der Waals surface area contributed by atoms with Crippen LogP contribution in [0.25, 0.3) is 0 Å². The number of oxazole rings is 1. The fourth-order valence-corrected chi connectivity index (χ4v) is 1.75. The van der Waals surface area contributed by atoms with Crippen LogP contribution in [0.5, 0.6) is 0 Å². The highest BCUT2D eigenvalue weighted by Crippen LogP contribution is 2.28. The topological polar surface area (TPSA) is 119 Å². The van der Waals surface area contributed by atoms with Gasteiger partial charge in [-0.15, -0.1) is 0 Å². The molecule has 2 aromatic heterocycles. The summed E-state index contributed by atoms with van der Waals surface area (Å²) in [6.45, 7) is 6.20. The lowest BCUT2D eigenvalue weighted by Crippen LogP contribution is -2.09. The normalized spacial score (nSPS) is 10.4. The van der Waals surface area contributed by atoms with Crippen molar-refractivity contribution in [3.63, 3.8) is 0 Å². The Bertz CT molecular complexity index is 635. The minimum atomic E-state index is -0.521. The van der Waals surface area contributed by atoms with E-state index in [1.54, 1.807) is 0 Å². The number of nitrogens with one attached hydrogen (secondary N) is 2. The average molecular weight is 292 g/mol. The SMILES string of the molecule is CCNc1ncnc(NCc2nc(C)c(C)o2)c1[N+](=O)[O-]. The summed E-state index contributed by atoms with van der Waals surface area (Å²) in [6, 6.07) is 0. The highest BCUT2D eigenvalue weighted by Gasteiger charge is 2.22. The van der Waals surface area contributed by atoms with E-state index in [0.29, 0.717) is 12.4 Å². The number of rotatable bonds is 6. The average Bonchev–Trinajstić information content (AvgIpc) is 2.75. The van der Waals surface area contributed by atoms with Crippen molar-refractivity contribution in [1.29, 1.82) is 0 Å². The van der Waals surface area contributed by atoms with Crippen molar-refractivity contribution in [2.24, 2.45) is 0 Å². The van der Waals surface area contributed by atoms with Crippen molar-refractivity contribution in [3.05, 3.63) is 33.8 Å². The van der Waals surface area contributed by atoms with Crippen LogP contribution in [0.2, 0.25) is 0 Å². The number of hydrogen-bond donors (Lipinski definition) is 2. The van der Waals surface area contributed by atoms with E-state index >= 15 is 0 Å². The molecule has 0 radical (unpaired) electrons. The van der Waals surface area contributed by atoms with Gasteiger partial charge >= 0.3 is 5.69 Å². The van der Waals surface area contributed by atoms with E-state index in [0.717, 1.165) is 11.5 Å². The molecule has 0 unspecified atom stereocenters. The van der Waals surface area contributed by atoms with E-state index in [4.69, 9.17) is 4.42 Å². The number of hydrogen-bond acceptors (Lipinski definition) is 8. The molecule has 2 aromatic rings. The highest BCUT2D eigenvalue weighted by molar-refractivity contribution is 5.69. The number of anilines is 2. The standard InChI is InChI=1S/C12H16N6O3/c1-4-13-11-10(18(19)20)12(16-6-15-11)14-5-9-17-7(2)8(3)21-9/h6H,4-5H2,1-3H3,(H2,13,14,15,16). The fourth-order valence-electron chi connectivity index (χ4n) is 1.75. The molecule has 2 rings (SSSR count). The Morgan fingerprint density at radius 2 is 1.95 bits per heavy atom. The minimum absolute atomic E-state index is 0.124. The quantitative estimate of drug-likeness (QED) is 0.613. The van der Waals surface area contributed by atoms with Gasteiger partial charge in [-0.1, -0.05) is 0 Å². The van der Waals surface area contributed by atoms with Gasteiger partial charge in [-0.25, -0.2) is 15.0 Å². The Hall–Kier alpha value is -2.71. The summed E-state index contributed by atoms with van der Waals surface area (Å²) in [4.78, 5) is 22.7. The minimum Gasteiger partial charge on any atom is -0.444 e. The summed E-state index contributed by atoms with van der Waals surface area (Å²) in [7, 11) is 0. The number of aromatic nitrogens is 3. The summed E-state index contributed by atoms with van der Waals surface area (Å²) >= 11 is 0. The molecule has 0 saturated carbocycles. The molecule has 112 valence electrons. The van der Waals surface area contributed by atoms with Crippen molar-refractivity contribution in [2.45, 2.75) is 27.3 Å². The second kappa shape index (κ2) is 6.16. The Labute approximate surface area is 121 Å². The van der Waals surface area contributed by atoms with Crippen LogP contribution in [0.1, 0.15) is 24.3 Å². The van der Waals surface area contributed by atoms with Crippen LogP contribution in [0.4, 0.5) is 17.3 Å². The zero-order valence-electron chi connectivity index (χ0n) is 12.0. The molecule has 9 nitrogen and oxygen atoms in total. The highest BCUT2D eigenvalue weighted by atomic mass is 16.6. The van der Waals surface area contributed by atoms with Gasteiger partial charge in [-0.2, -0.15) is 0 Å². The van der Waals surface area contributed by atoms with Crippen LogP contribution < -0.4 is 10.6 Å². The molecule has 0 bridgehead atoms. The van der Waals surface area contributed by atoms with Gasteiger partial charge in [0.2, 0.25) is 17.5 Å².